The lowest BCUT2D eigenvalue weighted by Gasteiger charge is -2.10. The van der Waals surface area contributed by atoms with Crippen molar-refractivity contribution in [1.29, 1.82) is 0 Å². The van der Waals surface area contributed by atoms with Gasteiger partial charge in [0.1, 0.15) is 0 Å². The molecule has 1 heterocycles. The van der Waals surface area contributed by atoms with Crippen molar-refractivity contribution in [2.24, 2.45) is 5.10 Å². The zero-order valence-corrected chi connectivity index (χ0v) is 14.5. The van der Waals surface area contributed by atoms with Crippen LogP contribution < -0.4 is 5.43 Å². The first-order chi connectivity index (χ1) is 11.6. The quantitative estimate of drug-likeness (QED) is 0.654. The maximum absolute atomic E-state index is 12.3. The number of hydrazone groups is 1. The van der Waals surface area contributed by atoms with E-state index < -0.39 is 0 Å². The van der Waals surface area contributed by atoms with Crippen LogP contribution in [-0.2, 0) is 0 Å². The molecule has 1 amide bonds. The van der Waals surface area contributed by atoms with Crippen LogP contribution in [0.25, 0.3) is 5.69 Å². The monoisotopic (exact) mass is 323 g/mol. The molecule has 1 aliphatic carbocycles. The van der Waals surface area contributed by atoms with Crippen molar-refractivity contribution in [3.63, 3.8) is 0 Å². The van der Waals surface area contributed by atoms with Gasteiger partial charge < -0.3 is 4.57 Å². The summed E-state index contributed by atoms with van der Waals surface area (Å²) in [7, 11) is 0. The third-order valence-corrected chi connectivity index (χ3v) is 4.66. The van der Waals surface area contributed by atoms with Crippen LogP contribution >= 0.6 is 0 Å². The van der Waals surface area contributed by atoms with E-state index in [9.17, 15) is 4.79 Å². The van der Waals surface area contributed by atoms with Crippen LogP contribution in [-0.4, -0.2) is 16.2 Å². The second-order valence-corrected chi connectivity index (χ2v) is 6.53. The highest BCUT2D eigenvalue weighted by Gasteiger charge is 2.09. The van der Waals surface area contributed by atoms with E-state index in [0.29, 0.717) is 5.56 Å². The summed E-state index contributed by atoms with van der Waals surface area (Å²) in [5.41, 5.74) is 7.92. The SMILES string of the molecule is Cc1ccc(C)n1-c1ccc(C(=O)NN=C2CCCCCC2)cc1. The molecule has 1 fully saturated rings. The molecule has 0 unspecified atom stereocenters. The van der Waals surface area contributed by atoms with Crippen molar-refractivity contribution in [3.05, 3.63) is 53.3 Å². The van der Waals surface area contributed by atoms with Crippen LogP contribution in [0.5, 0.6) is 0 Å². The minimum atomic E-state index is -0.140. The molecule has 0 bridgehead atoms. The fourth-order valence-electron chi connectivity index (χ4n) is 3.28. The minimum Gasteiger partial charge on any atom is -0.319 e. The molecule has 2 aromatic rings. The summed E-state index contributed by atoms with van der Waals surface area (Å²) < 4.78 is 2.17. The fraction of sp³-hybridized carbons (Fsp3) is 0.400. The molecule has 1 aliphatic rings. The van der Waals surface area contributed by atoms with Gasteiger partial charge in [0.2, 0.25) is 0 Å². The number of benzene rings is 1. The first-order valence-electron chi connectivity index (χ1n) is 8.76. The van der Waals surface area contributed by atoms with E-state index >= 15 is 0 Å². The third-order valence-electron chi connectivity index (χ3n) is 4.66. The molecule has 1 aromatic heterocycles. The number of carbonyl (C=O) groups is 1. The number of carbonyl (C=O) groups excluding carboxylic acids is 1. The van der Waals surface area contributed by atoms with Gasteiger partial charge in [-0.3, -0.25) is 4.79 Å². The second kappa shape index (κ2) is 7.47. The number of hydrogen-bond donors (Lipinski definition) is 1. The average Bonchev–Trinajstić information content (AvgIpc) is 2.80. The lowest BCUT2D eigenvalue weighted by molar-refractivity contribution is 0.0954. The van der Waals surface area contributed by atoms with Gasteiger partial charge in [-0.2, -0.15) is 5.10 Å². The van der Waals surface area contributed by atoms with Crippen molar-refractivity contribution >= 4 is 11.6 Å². The van der Waals surface area contributed by atoms with E-state index in [0.717, 1.165) is 24.2 Å². The molecule has 1 saturated carbocycles. The number of aromatic nitrogens is 1. The number of rotatable bonds is 3. The van der Waals surface area contributed by atoms with Crippen LogP contribution in [0.4, 0.5) is 0 Å². The predicted molar refractivity (Wildman–Crippen MR) is 97.8 cm³/mol. The number of amides is 1. The van der Waals surface area contributed by atoms with Gasteiger partial charge in [-0.15, -0.1) is 0 Å². The van der Waals surface area contributed by atoms with Gasteiger partial charge in [0, 0.05) is 28.4 Å². The Balaban J connectivity index is 1.69. The molecular formula is C20H25N3O. The Bertz CT molecular complexity index is 711. The molecule has 4 heteroatoms. The van der Waals surface area contributed by atoms with Crippen molar-refractivity contribution < 1.29 is 4.79 Å². The lowest BCUT2D eigenvalue weighted by atomic mass is 10.2. The Hall–Kier alpha value is -2.36. The Morgan fingerprint density at radius 2 is 1.50 bits per heavy atom. The van der Waals surface area contributed by atoms with Crippen molar-refractivity contribution in [2.45, 2.75) is 52.4 Å². The Labute approximate surface area is 143 Å². The Kier molecular flexibility index (Phi) is 5.14. The standard InChI is InChI=1S/C20H25N3O/c1-15-9-10-16(2)23(15)19-13-11-17(12-14-19)20(24)22-21-18-7-5-3-4-6-8-18/h9-14H,3-8H2,1-2H3,(H,22,24). The highest BCUT2D eigenvalue weighted by molar-refractivity contribution is 5.95. The highest BCUT2D eigenvalue weighted by Crippen LogP contribution is 2.17. The smallest absolute Gasteiger partial charge is 0.271 e. The number of hydrogen-bond acceptors (Lipinski definition) is 2. The van der Waals surface area contributed by atoms with Gasteiger partial charge in [0.25, 0.3) is 5.91 Å². The van der Waals surface area contributed by atoms with Crippen molar-refractivity contribution in [2.75, 3.05) is 0 Å². The zero-order chi connectivity index (χ0) is 16.9. The van der Waals surface area contributed by atoms with Crippen molar-refractivity contribution in [1.82, 2.24) is 9.99 Å². The van der Waals surface area contributed by atoms with Crippen LogP contribution in [0.3, 0.4) is 0 Å². The topological polar surface area (TPSA) is 46.4 Å². The van der Waals surface area contributed by atoms with E-state index in [2.05, 4.69) is 41.1 Å². The Morgan fingerprint density at radius 1 is 0.917 bits per heavy atom. The summed E-state index contributed by atoms with van der Waals surface area (Å²) in [5, 5.41) is 4.33. The van der Waals surface area contributed by atoms with E-state index in [4.69, 9.17) is 0 Å². The highest BCUT2D eigenvalue weighted by atomic mass is 16.2. The van der Waals surface area contributed by atoms with Crippen LogP contribution in [0.1, 0.15) is 60.3 Å². The first kappa shape index (κ1) is 16.5. The average molecular weight is 323 g/mol. The fourth-order valence-corrected chi connectivity index (χ4v) is 3.28. The van der Waals surface area contributed by atoms with Crippen molar-refractivity contribution in [3.8, 4) is 5.69 Å². The number of aryl methyl sites for hydroxylation is 2. The summed E-state index contributed by atoms with van der Waals surface area (Å²) in [4.78, 5) is 12.3. The molecule has 0 radical (unpaired) electrons. The van der Waals surface area contributed by atoms with Crippen LogP contribution in [0.15, 0.2) is 41.5 Å². The third kappa shape index (κ3) is 3.75. The summed E-state index contributed by atoms with van der Waals surface area (Å²) in [5.74, 6) is -0.140. The lowest BCUT2D eigenvalue weighted by Crippen LogP contribution is -2.19. The van der Waals surface area contributed by atoms with Crippen LogP contribution in [0, 0.1) is 13.8 Å². The molecule has 0 spiro atoms. The number of nitrogens with zero attached hydrogens (tertiary/aromatic N) is 2. The molecule has 1 aromatic carbocycles. The predicted octanol–water partition coefficient (Wildman–Crippen LogP) is 4.53. The van der Waals surface area contributed by atoms with Gasteiger partial charge in [0.15, 0.2) is 0 Å². The summed E-state index contributed by atoms with van der Waals surface area (Å²) in [6, 6.07) is 11.9. The molecule has 4 nitrogen and oxygen atoms in total. The largest absolute Gasteiger partial charge is 0.319 e. The minimum absolute atomic E-state index is 0.140. The zero-order valence-electron chi connectivity index (χ0n) is 14.5. The molecule has 3 rings (SSSR count). The second-order valence-electron chi connectivity index (χ2n) is 6.53. The summed E-state index contributed by atoms with van der Waals surface area (Å²) >= 11 is 0. The normalized spacial score (nSPS) is 15.0. The molecule has 0 saturated heterocycles. The maximum atomic E-state index is 12.3. The summed E-state index contributed by atoms with van der Waals surface area (Å²) in [6.07, 6.45) is 6.91. The molecule has 0 aliphatic heterocycles. The Morgan fingerprint density at radius 3 is 2.08 bits per heavy atom. The number of nitrogens with one attached hydrogen (secondary N) is 1. The van der Waals surface area contributed by atoms with Gasteiger partial charge in [-0.25, -0.2) is 5.43 Å². The molecule has 126 valence electrons. The van der Waals surface area contributed by atoms with Gasteiger partial charge in [-0.1, -0.05) is 12.8 Å². The summed E-state index contributed by atoms with van der Waals surface area (Å²) in [6.45, 7) is 4.16. The molecule has 1 N–H and O–H groups in total. The van der Waals surface area contributed by atoms with E-state index in [1.807, 2.05) is 24.3 Å². The molecule has 0 atom stereocenters. The van der Waals surface area contributed by atoms with Gasteiger partial charge >= 0.3 is 0 Å². The van der Waals surface area contributed by atoms with Gasteiger partial charge in [-0.05, 0) is 75.9 Å². The van der Waals surface area contributed by atoms with E-state index in [1.54, 1.807) is 0 Å². The van der Waals surface area contributed by atoms with Gasteiger partial charge in [0.05, 0.1) is 0 Å². The molecule has 24 heavy (non-hydrogen) atoms. The van der Waals surface area contributed by atoms with E-state index in [1.165, 1.54) is 37.1 Å². The molecular weight excluding hydrogens is 298 g/mol. The maximum Gasteiger partial charge on any atom is 0.271 e. The first-order valence-corrected chi connectivity index (χ1v) is 8.76. The van der Waals surface area contributed by atoms with E-state index in [-0.39, 0.29) is 5.91 Å². The van der Waals surface area contributed by atoms with Crippen LogP contribution in [0.2, 0.25) is 0 Å².